The number of hydrogen-bond acceptors (Lipinski definition) is 4. The molecule has 0 radical (unpaired) electrons. The third-order valence-electron chi connectivity index (χ3n) is 4.71. The fourth-order valence-corrected chi connectivity index (χ4v) is 4.63. The lowest BCUT2D eigenvalue weighted by atomic mass is 9.98. The van der Waals surface area contributed by atoms with Gasteiger partial charge in [0.25, 0.3) is 10.0 Å². The van der Waals surface area contributed by atoms with Gasteiger partial charge in [0.2, 0.25) is 5.91 Å². The van der Waals surface area contributed by atoms with Crippen LogP contribution >= 0.6 is 0 Å². The van der Waals surface area contributed by atoms with Gasteiger partial charge in [-0.2, -0.15) is 13.2 Å². The summed E-state index contributed by atoms with van der Waals surface area (Å²) in [6.45, 7) is -0.376. The second kappa shape index (κ2) is 6.77. The summed E-state index contributed by atoms with van der Waals surface area (Å²) in [4.78, 5) is 12.6. The minimum absolute atomic E-state index is 0.00504. The number of rotatable bonds is 3. The van der Waals surface area contributed by atoms with Crippen LogP contribution in [0.2, 0.25) is 0 Å². The average Bonchev–Trinajstić information content (AvgIpc) is 3.10. The molecule has 150 valence electrons. The molecule has 3 aromatic rings. The van der Waals surface area contributed by atoms with Crippen molar-refractivity contribution in [1.82, 2.24) is 4.72 Å². The Morgan fingerprint density at radius 2 is 1.69 bits per heavy atom. The Kier molecular flexibility index (Phi) is 4.49. The average molecular weight is 421 g/mol. The molecule has 0 saturated heterocycles. The minimum Gasteiger partial charge on any atom is -0.491 e. The smallest absolute Gasteiger partial charge is 0.419 e. The van der Waals surface area contributed by atoms with E-state index in [1.807, 2.05) is 4.72 Å². The molecule has 0 fully saturated rings. The summed E-state index contributed by atoms with van der Waals surface area (Å²) in [5.41, 5.74) is -0.993. The number of hydrogen-bond donors (Lipinski definition) is 1. The third-order valence-corrected chi connectivity index (χ3v) is 6.12. The number of carbonyl (C=O) groups is 1. The van der Waals surface area contributed by atoms with Gasteiger partial charge in [0.1, 0.15) is 18.3 Å². The lowest BCUT2D eigenvalue weighted by Crippen LogP contribution is -2.35. The fraction of sp³-hybridized carbons (Fsp3) is 0.150. The number of para-hydroxylation sites is 1. The summed E-state index contributed by atoms with van der Waals surface area (Å²) < 4.78 is 72.1. The molecule has 1 aliphatic heterocycles. The molecule has 0 bridgehead atoms. The van der Waals surface area contributed by atoms with E-state index in [9.17, 15) is 26.4 Å². The van der Waals surface area contributed by atoms with Gasteiger partial charge in [0.05, 0.1) is 10.5 Å². The van der Waals surface area contributed by atoms with Gasteiger partial charge in [-0.15, -0.1) is 0 Å². The molecule has 9 heteroatoms. The summed E-state index contributed by atoms with van der Waals surface area (Å²) in [5.74, 6) is -2.56. The Balaban J connectivity index is 1.66. The van der Waals surface area contributed by atoms with Crippen LogP contribution in [0.15, 0.2) is 65.6 Å². The van der Waals surface area contributed by atoms with Crippen LogP contribution in [0.3, 0.4) is 0 Å². The monoisotopic (exact) mass is 421 g/mol. The molecule has 1 atom stereocenters. The van der Waals surface area contributed by atoms with Gasteiger partial charge in [0.15, 0.2) is 0 Å². The van der Waals surface area contributed by atoms with E-state index in [1.165, 1.54) is 12.1 Å². The van der Waals surface area contributed by atoms with E-state index >= 15 is 0 Å². The maximum absolute atomic E-state index is 13.1. The van der Waals surface area contributed by atoms with Gasteiger partial charge in [-0.25, -0.2) is 13.1 Å². The van der Waals surface area contributed by atoms with E-state index in [0.29, 0.717) is 10.8 Å². The van der Waals surface area contributed by atoms with E-state index in [2.05, 4.69) is 0 Å². The zero-order valence-corrected chi connectivity index (χ0v) is 15.5. The highest BCUT2D eigenvalue weighted by Gasteiger charge is 2.41. The van der Waals surface area contributed by atoms with Crippen molar-refractivity contribution in [3.8, 4) is 5.75 Å². The maximum atomic E-state index is 13.1. The van der Waals surface area contributed by atoms with Gasteiger partial charge in [-0.1, -0.05) is 48.5 Å². The van der Waals surface area contributed by atoms with Crippen molar-refractivity contribution < 1.29 is 31.1 Å². The summed E-state index contributed by atoms with van der Waals surface area (Å²) in [7, 11) is -4.24. The zero-order valence-electron chi connectivity index (χ0n) is 14.7. The highest BCUT2D eigenvalue weighted by molar-refractivity contribution is 7.90. The Morgan fingerprint density at radius 1 is 1.00 bits per heavy atom. The van der Waals surface area contributed by atoms with Gasteiger partial charge in [-0.05, 0) is 17.5 Å². The summed E-state index contributed by atoms with van der Waals surface area (Å²) in [6, 6.07) is 14.7. The van der Waals surface area contributed by atoms with E-state index in [0.717, 1.165) is 12.1 Å². The molecule has 0 spiro atoms. The molecular weight excluding hydrogens is 407 g/mol. The van der Waals surface area contributed by atoms with Gasteiger partial charge in [-0.3, -0.25) is 4.79 Å². The number of fused-ring (bicyclic) bond motifs is 2. The molecule has 1 heterocycles. The molecule has 1 aliphatic rings. The fourth-order valence-electron chi connectivity index (χ4n) is 3.38. The zero-order chi connectivity index (χ0) is 20.8. The first kappa shape index (κ1) is 19.3. The Hall–Kier alpha value is -3.07. The highest BCUT2D eigenvalue weighted by atomic mass is 32.2. The van der Waals surface area contributed by atoms with Gasteiger partial charge in [0, 0.05) is 10.9 Å². The maximum Gasteiger partial charge on any atom is 0.419 e. The van der Waals surface area contributed by atoms with Crippen LogP contribution in [-0.4, -0.2) is 20.9 Å². The summed E-state index contributed by atoms with van der Waals surface area (Å²) >= 11 is 0. The van der Waals surface area contributed by atoms with Crippen LogP contribution in [-0.2, 0) is 21.0 Å². The highest BCUT2D eigenvalue weighted by Crippen LogP contribution is 2.44. The van der Waals surface area contributed by atoms with E-state index < -0.39 is 39.3 Å². The molecule has 0 aromatic heterocycles. The number of benzene rings is 3. The lowest BCUT2D eigenvalue weighted by Gasteiger charge is -2.13. The Morgan fingerprint density at radius 3 is 2.45 bits per heavy atom. The first-order valence-corrected chi connectivity index (χ1v) is 10.0. The quantitative estimate of drug-likeness (QED) is 0.698. The Labute approximate surface area is 164 Å². The molecule has 4 rings (SSSR count). The summed E-state index contributed by atoms with van der Waals surface area (Å²) in [5, 5.41) is 1.10. The van der Waals surface area contributed by atoms with Crippen LogP contribution in [0.5, 0.6) is 5.75 Å². The molecule has 29 heavy (non-hydrogen) atoms. The van der Waals surface area contributed by atoms with Crippen molar-refractivity contribution in [3.63, 3.8) is 0 Å². The predicted octanol–water partition coefficient (Wildman–Crippen LogP) is 3.84. The number of alkyl halides is 3. The number of halogens is 3. The number of carbonyl (C=O) groups excluding carboxylic acids is 1. The van der Waals surface area contributed by atoms with Crippen LogP contribution in [0.1, 0.15) is 17.0 Å². The second-order valence-corrected chi connectivity index (χ2v) is 8.18. The van der Waals surface area contributed by atoms with E-state index in [4.69, 9.17) is 4.74 Å². The van der Waals surface area contributed by atoms with Crippen molar-refractivity contribution in [2.45, 2.75) is 17.0 Å². The molecule has 0 saturated carbocycles. The van der Waals surface area contributed by atoms with Crippen molar-refractivity contribution in [2.24, 2.45) is 0 Å². The van der Waals surface area contributed by atoms with Crippen molar-refractivity contribution in [2.75, 3.05) is 6.61 Å². The second-order valence-electron chi connectivity index (χ2n) is 6.53. The molecule has 1 amide bonds. The molecule has 1 unspecified atom stereocenters. The van der Waals surface area contributed by atoms with Crippen LogP contribution < -0.4 is 9.46 Å². The van der Waals surface area contributed by atoms with Gasteiger partial charge < -0.3 is 4.74 Å². The standard InChI is InChI=1S/C20H14F3NO4S/c21-20(22,23)16-9-4-8-14-15(11-28-18(14)16)19(25)24-29(26,27)17-10-3-6-12-5-1-2-7-13(12)17/h1-10,15H,11H2,(H,24,25). The van der Waals surface area contributed by atoms with Crippen LogP contribution in [0, 0.1) is 0 Å². The van der Waals surface area contributed by atoms with E-state index in [-0.39, 0.29) is 17.1 Å². The number of amides is 1. The topological polar surface area (TPSA) is 72.5 Å². The SMILES string of the molecule is O=C(NS(=O)(=O)c1cccc2ccccc12)C1COc2c1cccc2C(F)(F)F. The molecule has 0 aliphatic carbocycles. The summed E-state index contributed by atoms with van der Waals surface area (Å²) in [6.07, 6.45) is -4.65. The third kappa shape index (κ3) is 3.42. The minimum atomic E-state index is -4.65. The first-order chi connectivity index (χ1) is 13.7. The lowest BCUT2D eigenvalue weighted by molar-refractivity contribution is -0.138. The number of nitrogens with one attached hydrogen (secondary N) is 1. The van der Waals surface area contributed by atoms with Crippen LogP contribution in [0.4, 0.5) is 13.2 Å². The number of ether oxygens (including phenoxy) is 1. The van der Waals surface area contributed by atoms with Gasteiger partial charge >= 0.3 is 6.18 Å². The largest absolute Gasteiger partial charge is 0.491 e. The predicted molar refractivity (Wildman–Crippen MR) is 99.0 cm³/mol. The molecular formula is C20H14F3NO4S. The molecule has 3 aromatic carbocycles. The Bertz CT molecular complexity index is 1220. The first-order valence-electron chi connectivity index (χ1n) is 8.56. The van der Waals surface area contributed by atoms with Crippen LogP contribution in [0.25, 0.3) is 10.8 Å². The van der Waals surface area contributed by atoms with Crippen molar-refractivity contribution in [3.05, 3.63) is 71.8 Å². The van der Waals surface area contributed by atoms with Crippen molar-refractivity contribution >= 4 is 26.7 Å². The normalized spacial score (nSPS) is 16.3. The number of sulfonamides is 1. The molecule has 1 N–H and O–H groups in total. The molecule has 5 nitrogen and oxygen atoms in total. The van der Waals surface area contributed by atoms with Crippen molar-refractivity contribution in [1.29, 1.82) is 0 Å². The van der Waals surface area contributed by atoms with E-state index in [1.54, 1.807) is 36.4 Å².